The molecule has 0 amide bonds. The Morgan fingerprint density at radius 1 is 1.18 bits per heavy atom. The highest BCUT2D eigenvalue weighted by Crippen LogP contribution is 2.09. The zero-order chi connectivity index (χ0) is 12.1. The van der Waals surface area contributed by atoms with Crippen molar-refractivity contribution in [2.24, 2.45) is 5.73 Å². The van der Waals surface area contributed by atoms with Crippen LogP contribution >= 0.6 is 0 Å². The van der Waals surface area contributed by atoms with E-state index in [1.807, 2.05) is 6.07 Å². The number of aryl methyl sites for hydroxylation is 2. The lowest BCUT2D eigenvalue weighted by atomic mass is 10.1. The van der Waals surface area contributed by atoms with Gasteiger partial charge in [-0.25, -0.2) is 9.37 Å². The summed E-state index contributed by atoms with van der Waals surface area (Å²) >= 11 is 0. The average Bonchev–Trinajstić information content (AvgIpc) is 2.76. The van der Waals surface area contributed by atoms with Crippen LogP contribution in [0.3, 0.4) is 0 Å². The Morgan fingerprint density at radius 2 is 2.00 bits per heavy atom. The third kappa shape index (κ3) is 3.10. The maximum Gasteiger partial charge on any atom is 0.151 e. The number of nitrogens with zero attached hydrogens (tertiary/aromatic N) is 2. The second-order valence-electron chi connectivity index (χ2n) is 3.83. The normalized spacial score (nSPS) is 10.7. The van der Waals surface area contributed by atoms with Gasteiger partial charge in [0.1, 0.15) is 11.6 Å². The lowest BCUT2D eigenvalue weighted by Gasteiger charge is -1.99. The number of benzene rings is 1. The van der Waals surface area contributed by atoms with Crippen LogP contribution < -0.4 is 5.73 Å². The number of nitrogens with two attached hydrogens (primary N) is 1. The van der Waals surface area contributed by atoms with Gasteiger partial charge in [-0.1, -0.05) is 18.2 Å². The molecule has 2 aromatic rings. The maximum atomic E-state index is 13.4. The fourth-order valence-electron chi connectivity index (χ4n) is 1.64. The Kier molecular flexibility index (Phi) is 3.82. The lowest BCUT2D eigenvalue weighted by molar-refractivity contribution is 0.607. The molecule has 5 heteroatoms. The van der Waals surface area contributed by atoms with Gasteiger partial charge in [-0.2, -0.15) is 5.10 Å². The molecule has 0 bridgehead atoms. The van der Waals surface area contributed by atoms with Crippen LogP contribution in [-0.2, 0) is 19.3 Å². The fourth-order valence-corrected chi connectivity index (χ4v) is 1.64. The summed E-state index contributed by atoms with van der Waals surface area (Å²) in [6.45, 7) is 0.544. The predicted octanol–water partition coefficient (Wildman–Crippen LogP) is 1.23. The zero-order valence-corrected chi connectivity index (χ0v) is 9.49. The van der Waals surface area contributed by atoms with Crippen LogP contribution in [-0.4, -0.2) is 21.7 Å². The van der Waals surface area contributed by atoms with E-state index in [9.17, 15) is 4.39 Å². The molecule has 90 valence electrons. The van der Waals surface area contributed by atoms with Crippen molar-refractivity contribution in [3.05, 3.63) is 47.3 Å². The first-order valence-electron chi connectivity index (χ1n) is 5.63. The zero-order valence-electron chi connectivity index (χ0n) is 9.49. The Balaban J connectivity index is 1.95. The van der Waals surface area contributed by atoms with Crippen molar-refractivity contribution in [3.63, 3.8) is 0 Å². The number of aromatic amines is 1. The van der Waals surface area contributed by atoms with E-state index in [0.29, 0.717) is 37.2 Å². The van der Waals surface area contributed by atoms with E-state index in [1.165, 1.54) is 6.07 Å². The lowest BCUT2D eigenvalue weighted by Crippen LogP contribution is -2.04. The summed E-state index contributed by atoms with van der Waals surface area (Å²) < 4.78 is 13.4. The molecular weight excluding hydrogens is 219 g/mol. The second kappa shape index (κ2) is 5.54. The molecule has 0 radical (unpaired) electrons. The molecule has 0 spiro atoms. The van der Waals surface area contributed by atoms with Crippen LogP contribution in [0.2, 0.25) is 0 Å². The predicted molar refractivity (Wildman–Crippen MR) is 62.9 cm³/mol. The molecule has 0 saturated heterocycles. The first-order valence-corrected chi connectivity index (χ1v) is 5.63. The molecule has 1 heterocycles. The average molecular weight is 234 g/mol. The number of hydrogen-bond acceptors (Lipinski definition) is 3. The monoisotopic (exact) mass is 234 g/mol. The fraction of sp³-hybridized carbons (Fsp3) is 0.333. The molecule has 0 atom stereocenters. The number of nitrogens with one attached hydrogen (secondary N) is 1. The van der Waals surface area contributed by atoms with E-state index in [1.54, 1.807) is 12.1 Å². The van der Waals surface area contributed by atoms with Gasteiger partial charge in [-0.15, -0.1) is 0 Å². The number of H-pyrrole nitrogens is 1. The van der Waals surface area contributed by atoms with Gasteiger partial charge in [0.15, 0.2) is 5.82 Å². The van der Waals surface area contributed by atoms with Gasteiger partial charge < -0.3 is 5.73 Å². The smallest absolute Gasteiger partial charge is 0.151 e. The molecule has 1 aromatic heterocycles. The summed E-state index contributed by atoms with van der Waals surface area (Å²) in [5.41, 5.74) is 6.11. The molecule has 0 unspecified atom stereocenters. The molecular formula is C12H15FN4. The SMILES string of the molecule is NCCc1nc(CCc2ccccc2F)n[nH]1. The van der Waals surface area contributed by atoms with Crippen molar-refractivity contribution in [1.29, 1.82) is 0 Å². The van der Waals surface area contributed by atoms with Gasteiger partial charge in [0, 0.05) is 12.8 Å². The minimum absolute atomic E-state index is 0.176. The van der Waals surface area contributed by atoms with E-state index in [4.69, 9.17) is 5.73 Å². The quantitative estimate of drug-likeness (QED) is 0.817. The standard InChI is InChI=1S/C12H15FN4/c13-10-4-2-1-3-9(10)5-6-11-15-12(7-8-14)17-16-11/h1-4H,5-8,14H2,(H,15,16,17). The minimum Gasteiger partial charge on any atom is -0.330 e. The molecule has 0 aliphatic heterocycles. The first-order chi connectivity index (χ1) is 8.29. The van der Waals surface area contributed by atoms with E-state index in [0.717, 1.165) is 5.82 Å². The first kappa shape index (κ1) is 11.7. The van der Waals surface area contributed by atoms with E-state index in [-0.39, 0.29) is 5.82 Å². The van der Waals surface area contributed by atoms with Crippen molar-refractivity contribution in [2.75, 3.05) is 6.54 Å². The molecule has 0 fully saturated rings. The van der Waals surface area contributed by atoms with E-state index in [2.05, 4.69) is 15.2 Å². The molecule has 0 saturated carbocycles. The minimum atomic E-state index is -0.176. The molecule has 0 aliphatic carbocycles. The van der Waals surface area contributed by atoms with E-state index >= 15 is 0 Å². The van der Waals surface area contributed by atoms with Gasteiger partial charge >= 0.3 is 0 Å². The van der Waals surface area contributed by atoms with Crippen LogP contribution in [0.5, 0.6) is 0 Å². The molecule has 2 rings (SSSR count). The topological polar surface area (TPSA) is 67.6 Å². The Labute approximate surface area is 99.1 Å². The number of rotatable bonds is 5. The Hall–Kier alpha value is -1.75. The third-order valence-electron chi connectivity index (χ3n) is 2.53. The Morgan fingerprint density at radius 3 is 2.76 bits per heavy atom. The third-order valence-corrected chi connectivity index (χ3v) is 2.53. The van der Waals surface area contributed by atoms with Crippen LogP contribution in [0.15, 0.2) is 24.3 Å². The second-order valence-corrected chi connectivity index (χ2v) is 3.83. The van der Waals surface area contributed by atoms with Gasteiger partial charge in [-0.3, -0.25) is 5.10 Å². The van der Waals surface area contributed by atoms with Crippen LogP contribution in [0.25, 0.3) is 0 Å². The van der Waals surface area contributed by atoms with Crippen LogP contribution in [0.1, 0.15) is 17.2 Å². The van der Waals surface area contributed by atoms with Crippen molar-refractivity contribution >= 4 is 0 Å². The maximum absolute atomic E-state index is 13.4. The van der Waals surface area contributed by atoms with E-state index < -0.39 is 0 Å². The van der Waals surface area contributed by atoms with Crippen LogP contribution in [0.4, 0.5) is 4.39 Å². The summed E-state index contributed by atoms with van der Waals surface area (Å²) in [6.07, 6.45) is 1.92. The number of aromatic nitrogens is 3. The summed E-state index contributed by atoms with van der Waals surface area (Å²) in [5.74, 6) is 1.32. The molecule has 17 heavy (non-hydrogen) atoms. The summed E-state index contributed by atoms with van der Waals surface area (Å²) in [5, 5.41) is 6.89. The Bertz CT molecular complexity index is 481. The molecule has 3 N–H and O–H groups in total. The largest absolute Gasteiger partial charge is 0.330 e. The summed E-state index contributed by atoms with van der Waals surface area (Å²) in [7, 11) is 0. The van der Waals surface area contributed by atoms with Gasteiger partial charge in [0.2, 0.25) is 0 Å². The summed E-state index contributed by atoms with van der Waals surface area (Å²) in [4.78, 5) is 4.28. The highest BCUT2D eigenvalue weighted by Gasteiger charge is 2.05. The van der Waals surface area contributed by atoms with Crippen LogP contribution in [0, 0.1) is 5.82 Å². The number of halogens is 1. The van der Waals surface area contributed by atoms with Crippen molar-refractivity contribution in [3.8, 4) is 0 Å². The van der Waals surface area contributed by atoms with Crippen molar-refractivity contribution in [2.45, 2.75) is 19.3 Å². The highest BCUT2D eigenvalue weighted by atomic mass is 19.1. The van der Waals surface area contributed by atoms with Crippen molar-refractivity contribution in [1.82, 2.24) is 15.2 Å². The molecule has 4 nitrogen and oxygen atoms in total. The van der Waals surface area contributed by atoms with Crippen molar-refractivity contribution < 1.29 is 4.39 Å². The highest BCUT2D eigenvalue weighted by molar-refractivity contribution is 5.18. The van der Waals surface area contributed by atoms with Gasteiger partial charge in [-0.05, 0) is 24.6 Å². The molecule has 1 aromatic carbocycles. The number of hydrogen-bond donors (Lipinski definition) is 2. The summed E-state index contributed by atoms with van der Waals surface area (Å²) in [6, 6.07) is 6.76. The van der Waals surface area contributed by atoms with Gasteiger partial charge in [0.05, 0.1) is 0 Å². The van der Waals surface area contributed by atoms with Gasteiger partial charge in [0.25, 0.3) is 0 Å². The molecule has 0 aliphatic rings.